The Hall–Kier alpha value is -7.56. The van der Waals surface area contributed by atoms with Crippen LogP contribution in [0.5, 0.6) is 0 Å². The van der Waals surface area contributed by atoms with E-state index in [2.05, 4.69) is 47.8 Å². The van der Waals surface area contributed by atoms with Crippen LogP contribution in [0.25, 0.3) is 0 Å². The Kier molecular flexibility index (Phi) is 51.4. The molecule has 34 heteroatoms. The van der Waals surface area contributed by atoms with Gasteiger partial charge in [0.15, 0.2) is 7.98 Å². The molecule has 534 valence electrons. The number of carbonyl (C=O) groups is 14. The lowest BCUT2D eigenvalue weighted by atomic mass is 10.0. The van der Waals surface area contributed by atoms with Gasteiger partial charge in [0.1, 0.15) is 43.4 Å². The van der Waals surface area contributed by atoms with Gasteiger partial charge in [-0.1, -0.05) is 84.0 Å². The van der Waals surface area contributed by atoms with Gasteiger partial charge in [-0.15, -0.1) is 0 Å². The minimum atomic E-state index is -1.53. The lowest BCUT2D eigenvalue weighted by Gasteiger charge is -2.20. The van der Waals surface area contributed by atoms with Gasteiger partial charge in [-0.2, -0.15) is 0 Å². The summed E-state index contributed by atoms with van der Waals surface area (Å²) < 4.78 is 21.2. The molecule has 0 rings (SSSR count). The molecule has 0 aromatic heterocycles. The van der Waals surface area contributed by atoms with E-state index in [0.717, 1.165) is 57.8 Å². The number of rotatable bonds is 63. The number of ether oxygens (including phenoxy) is 4. The third-order valence-electron chi connectivity index (χ3n) is 14.4. The number of unbranched alkanes of at least 4 members (excludes halogenated alkanes) is 14. The van der Waals surface area contributed by atoms with Gasteiger partial charge >= 0.3 is 29.8 Å². The molecule has 0 saturated heterocycles. The zero-order chi connectivity index (χ0) is 70.3. The van der Waals surface area contributed by atoms with E-state index >= 15 is 0 Å². The maximum atomic E-state index is 12.6. The first kappa shape index (κ1) is 86.4. The number of nitrogens with two attached hydrogens (primary N) is 1. The van der Waals surface area contributed by atoms with Gasteiger partial charge in [0.2, 0.25) is 53.2 Å². The van der Waals surface area contributed by atoms with E-state index < -0.39 is 139 Å². The Balaban J connectivity index is 4.17. The summed E-state index contributed by atoms with van der Waals surface area (Å²) in [6.07, 6.45) is 13.4. The normalized spacial score (nSPS) is 12.9. The van der Waals surface area contributed by atoms with Gasteiger partial charge in [0.25, 0.3) is 0 Å². The van der Waals surface area contributed by atoms with Crippen LogP contribution < -0.4 is 53.5 Å². The number of hydrogen-bond donors (Lipinski definition) is 15. The highest BCUT2D eigenvalue weighted by Crippen LogP contribution is 2.15. The van der Waals surface area contributed by atoms with E-state index in [-0.39, 0.29) is 124 Å². The van der Waals surface area contributed by atoms with Crippen LogP contribution in [0, 0.1) is 0 Å². The summed E-state index contributed by atoms with van der Waals surface area (Å²) in [6, 6.07) is -7.46. The van der Waals surface area contributed by atoms with Crippen molar-refractivity contribution in [3.8, 4) is 0 Å². The fourth-order valence-electron chi connectivity index (χ4n) is 9.01. The molecule has 0 bridgehead atoms. The van der Waals surface area contributed by atoms with Crippen molar-refractivity contribution in [2.75, 3.05) is 72.5 Å². The van der Waals surface area contributed by atoms with Crippen LogP contribution in [0.1, 0.15) is 187 Å². The van der Waals surface area contributed by atoms with Gasteiger partial charge < -0.3 is 98.0 Å². The summed E-state index contributed by atoms with van der Waals surface area (Å²) in [6.45, 7) is 1.29. The summed E-state index contributed by atoms with van der Waals surface area (Å²) in [5, 5.41) is 68.9. The Morgan fingerprint density at radius 2 is 0.681 bits per heavy atom. The highest BCUT2D eigenvalue weighted by molar-refractivity contribution is 6.07. The highest BCUT2D eigenvalue weighted by atomic mass is 16.5. The molecule has 0 unspecified atom stereocenters. The largest absolute Gasteiger partial charge is 0.481 e. The van der Waals surface area contributed by atoms with E-state index in [1.807, 2.05) is 0 Å². The number of hydrogen-bond acceptors (Lipinski definition) is 19. The van der Waals surface area contributed by atoms with Crippen molar-refractivity contribution in [3.05, 3.63) is 0 Å². The predicted octanol–water partition coefficient (Wildman–Crippen LogP) is -0.282. The third kappa shape index (κ3) is 49.1. The standard InChI is InChI=1S/C60H103BN10O23/c1-2-41(55(62)81)70-56(82)42(71-61)19-17-18-30-63-47(72)26-22-43(57(83)84)67-51(76)29-25-46(60(89)90)69-53(78)40-94-38-36-92-34-32-65-52(77)39-93-37-35-91-33-31-64-48(73)27-23-44(58(85)86)68-50(75)28-24-45(59(87)88)66-49(74)20-15-13-11-9-7-5-3-4-6-8-10-12-14-16-21-54(79)80/h41-46,71H,2-40H2,1H3,(H2,62,81)(H,63,72)(H,64,73)(H,65,77)(H,66,74)(H,67,76)(H,68,75)(H,69,78)(H,70,82)(H,79,80)(H,83,84)(H,85,86)(H,87,88)(H,89,90)/t41-,42-,43-,44-,45-,46-/m0/s1. The average molecular weight is 1340 g/mol. The topological polar surface area (TPSA) is 511 Å². The van der Waals surface area contributed by atoms with Crippen molar-refractivity contribution in [1.82, 2.24) is 47.8 Å². The molecular formula is C60H103BN10O23. The second kappa shape index (κ2) is 55.9. The third-order valence-corrected chi connectivity index (χ3v) is 14.4. The van der Waals surface area contributed by atoms with E-state index in [9.17, 15) is 87.5 Å². The molecule has 0 spiro atoms. The Morgan fingerprint density at radius 3 is 1.06 bits per heavy atom. The van der Waals surface area contributed by atoms with Crippen LogP contribution in [0.2, 0.25) is 0 Å². The van der Waals surface area contributed by atoms with E-state index in [1.165, 1.54) is 25.7 Å². The molecule has 0 heterocycles. The molecule has 0 aliphatic heterocycles. The van der Waals surface area contributed by atoms with Crippen LogP contribution in [-0.4, -0.2) is 225 Å². The van der Waals surface area contributed by atoms with Crippen molar-refractivity contribution >= 4 is 91.0 Å². The summed E-state index contributed by atoms with van der Waals surface area (Å²) in [7, 11) is 5.46. The smallest absolute Gasteiger partial charge is 0.326 e. The van der Waals surface area contributed by atoms with Crippen molar-refractivity contribution in [3.63, 3.8) is 0 Å². The van der Waals surface area contributed by atoms with Crippen molar-refractivity contribution in [2.24, 2.45) is 5.73 Å². The monoisotopic (exact) mass is 1340 g/mol. The van der Waals surface area contributed by atoms with Crippen LogP contribution in [0.4, 0.5) is 0 Å². The number of primary amides is 1. The second-order valence-corrected chi connectivity index (χ2v) is 22.3. The van der Waals surface area contributed by atoms with Gasteiger partial charge in [0, 0.05) is 58.2 Å². The van der Waals surface area contributed by atoms with E-state index in [4.69, 9.17) is 37.8 Å². The van der Waals surface area contributed by atoms with Crippen molar-refractivity contribution in [1.29, 1.82) is 0 Å². The molecule has 9 amide bonds. The Bertz CT molecular complexity index is 2310. The van der Waals surface area contributed by atoms with Crippen molar-refractivity contribution < 1.29 is 112 Å². The molecule has 16 N–H and O–H groups in total. The second-order valence-electron chi connectivity index (χ2n) is 22.3. The first-order chi connectivity index (χ1) is 44.9. The van der Waals surface area contributed by atoms with E-state index in [1.54, 1.807) is 6.92 Å². The first-order valence-electron chi connectivity index (χ1n) is 32.4. The number of aliphatic carboxylic acids is 5. The SMILES string of the molecule is [B]N[C@@H](CCCCNC(=O)CC[C@H](NC(=O)CC[C@H](NC(=O)COCCOCCNC(=O)COCCOCCNC(=O)CC[C@H](NC(=O)CC[C@H](NC(=O)CCCCCCCCCCCCCCCCC(=O)O)C(=O)O)C(=O)O)C(=O)O)C(=O)O)C(=O)N[C@@H](CC)C(N)=O. The van der Waals surface area contributed by atoms with Crippen LogP contribution in [0.15, 0.2) is 0 Å². The van der Waals surface area contributed by atoms with Gasteiger partial charge in [-0.25, -0.2) is 19.2 Å². The molecule has 0 aliphatic rings. The summed E-state index contributed by atoms with van der Waals surface area (Å²) in [5.74, 6) is -11.9. The molecule has 0 aromatic carbocycles. The summed E-state index contributed by atoms with van der Waals surface area (Å²) >= 11 is 0. The lowest BCUT2D eigenvalue weighted by Crippen LogP contribution is -2.51. The van der Waals surface area contributed by atoms with Gasteiger partial charge in [-0.05, 0) is 64.2 Å². The molecule has 0 aromatic rings. The first-order valence-corrected chi connectivity index (χ1v) is 32.4. The summed E-state index contributed by atoms with van der Waals surface area (Å²) in [5.41, 5.74) is 5.25. The highest BCUT2D eigenvalue weighted by Gasteiger charge is 2.27. The number of nitrogens with one attached hydrogen (secondary N) is 9. The average Bonchev–Trinajstić information content (AvgIpc) is 1.51. The number of amides is 9. The molecule has 0 saturated carbocycles. The lowest BCUT2D eigenvalue weighted by molar-refractivity contribution is -0.144. The molecule has 0 fully saturated rings. The zero-order valence-corrected chi connectivity index (χ0v) is 54.3. The molecular weight excluding hydrogens is 1240 g/mol. The molecule has 2 radical (unpaired) electrons. The number of carboxylic acid groups (broad SMARTS) is 5. The minimum absolute atomic E-state index is 0.000270. The van der Waals surface area contributed by atoms with Gasteiger partial charge in [0.05, 0.1) is 45.7 Å². The van der Waals surface area contributed by atoms with Gasteiger partial charge in [-0.3, -0.25) is 47.9 Å². The fraction of sp³-hybridized carbons (Fsp3) is 0.767. The Morgan fingerprint density at radius 1 is 0.340 bits per heavy atom. The van der Waals surface area contributed by atoms with Crippen LogP contribution in [0.3, 0.4) is 0 Å². The molecule has 0 aliphatic carbocycles. The van der Waals surface area contributed by atoms with E-state index in [0.29, 0.717) is 25.7 Å². The summed E-state index contributed by atoms with van der Waals surface area (Å²) in [4.78, 5) is 168. The van der Waals surface area contributed by atoms with Crippen LogP contribution >= 0.6 is 0 Å². The number of carboxylic acids is 5. The predicted molar refractivity (Wildman–Crippen MR) is 337 cm³/mol. The maximum absolute atomic E-state index is 12.6. The van der Waals surface area contributed by atoms with Crippen LogP contribution in [-0.2, 0) is 86.1 Å². The molecule has 6 atom stereocenters. The zero-order valence-electron chi connectivity index (χ0n) is 54.3. The fourth-order valence-corrected chi connectivity index (χ4v) is 9.01. The molecule has 94 heavy (non-hydrogen) atoms. The molecule has 33 nitrogen and oxygen atoms in total. The maximum Gasteiger partial charge on any atom is 0.326 e. The quantitative estimate of drug-likeness (QED) is 0.0275. The Labute approximate surface area is 549 Å². The number of carbonyl (C=O) groups excluding carboxylic acids is 9. The minimum Gasteiger partial charge on any atom is -0.481 e. The van der Waals surface area contributed by atoms with Crippen molar-refractivity contribution in [2.45, 2.75) is 223 Å².